The zero-order valence-corrected chi connectivity index (χ0v) is 19.4. The van der Waals surface area contributed by atoms with Crippen molar-refractivity contribution in [1.82, 2.24) is 8.87 Å². The topological polar surface area (TPSA) is 51.5 Å². The summed E-state index contributed by atoms with van der Waals surface area (Å²) < 4.78 is 34.9. The van der Waals surface area contributed by atoms with E-state index >= 15 is 0 Å². The van der Waals surface area contributed by atoms with E-state index in [0.29, 0.717) is 16.5 Å². The van der Waals surface area contributed by atoms with Crippen molar-refractivity contribution in [2.75, 3.05) is 20.2 Å². The number of hydrogen-bond acceptors (Lipinski definition) is 4. The van der Waals surface area contributed by atoms with Crippen molar-refractivity contribution < 1.29 is 13.2 Å². The molecular formula is C27H26N2O3S. The number of hydrogen-bond donors (Lipinski definition) is 0. The highest BCUT2D eigenvalue weighted by molar-refractivity contribution is 7.90. The first kappa shape index (κ1) is 20.5. The van der Waals surface area contributed by atoms with E-state index in [2.05, 4.69) is 11.0 Å². The SMILES string of the molecule is COc1ccc2c(c1)c(C1=CCN3CCC[C@H]3C1)cn2S(=O)(=O)c1cccc2ccccc12. The van der Waals surface area contributed by atoms with E-state index in [1.54, 1.807) is 13.2 Å². The molecule has 1 fully saturated rings. The van der Waals surface area contributed by atoms with Crippen LogP contribution in [0.25, 0.3) is 27.2 Å². The molecule has 4 aromatic rings. The number of rotatable bonds is 4. The molecule has 1 aromatic heterocycles. The molecule has 1 saturated heterocycles. The Hall–Kier alpha value is -3.09. The zero-order chi connectivity index (χ0) is 22.6. The maximum atomic E-state index is 14.0. The third-order valence-corrected chi connectivity index (χ3v) is 8.87. The molecule has 2 aliphatic rings. The van der Waals surface area contributed by atoms with Crippen LogP contribution in [0.1, 0.15) is 24.8 Å². The quantitative estimate of drug-likeness (QED) is 0.417. The second-order valence-corrected chi connectivity index (χ2v) is 10.7. The molecule has 5 nitrogen and oxygen atoms in total. The fraction of sp³-hybridized carbons (Fsp3) is 0.259. The highest BCUT2D eigenvalue weighted by Crippen LogP contribution is 2.39. The summed E-state index contributed by atoms with van der Waals surface area (Å²) in [7, 11) is -2.17. The monoisotopic (exact) mass is 458 g/mol. The molecule has 2 aliphatic heterocycles. The highest BCUT2D eigenvalue weighted by Gasteiger charge is 2.30. The smallest absolute Gasteiger partial charge is 0.268 e. The first-order valence-electron chi connectivity index (χ1n) is 11.4. The first-order valence-corrected chi connectivity index (χ1v) is 12.9. The van der Waals surface area contributed by atoms with Gasteiger partial charge in [0.1, 0.15) is 5.75 Å². The average molecular weight is 459 g/mol. The van der Waals surface area contributed by atoms with Crippen LogP contribution in [0.2, 0.25) is 0 Å². The van der Waals surface area contributed by atoms with Gasteiger partial charge in [-0.25, -0.2) is 12.4 Å². The van der Waals surface area contributed by atoms with Gasteiger partial charge in [-0.05, 0) is 61.0 Å². The Bertz CT molecular complexity index is 1510. The number of fused-ring (bicyclic) bond motifs is 3. The summed E-state index contributed by atoms with van der Waals surface area (Å²) in [6.45, 7) is 2.08. The van der Waals surface area contributed by atoms with Gasteiger partial charge in [-0.1, -0.05) is 42.5 Å². The lowest BCUT2D eigenvalue weighted by Gasteiger charge is -2.29. The predicted molar refractivity (Wildman–Crippen MR) is 132 cm³/mol. The number of methoxy groups -OCH3 is 1. The minimum atomic E-state index is -3.81. The van der Waals surface area contributed by atoms with Crippen LogP contribution in [0.4, 0.5) is 0 Å². The van der Waals surface area contributed by atoms with Gasteiger partial charge in [0, 0.05) is 35.1 Å². The minimum Gasteiger partial charge on any atom is -0.497 e. The lowest BCUT2D eigenvalue weighted by molar-refractivity contribution is 0.275. The van der Waals surface area contributed by atoms with Gasteiger partial charge in [-0.2, -0.15) is 0 Å². The maximum Gasteiger partial charge on any atom is 0.268 e. The van der Waals surface area contributed by atoms with Gasteiger partial charge in [-0.3, -0.25) is 4.90 Å². The molecule has 0 unspecified atom stereocenters. The van der Waals surface area contributed by atoms with Crippen LogP contribution in [0, 0.1) is 0 Å². The zero-order valence-electron chi connectivity index (χ0n) is 18.6. The van der Waals surface area contributed by atoms with Crippen LogP contribution in [0.3, 0.4) is 0 Å². The molecule has 33 heavy (non-hydrogen) atoms. The molecule has 6 rings (SSSR count). The highest BCUT2D eigenvalue weighted by atomic mass is 32.2. The first-order chi connectivity index (χ1) is 16.1. The van der Waals surface area contributed by atoms with E-state index in [1.807, 2.05) is 60.8 Å². The van der Waals surface area contributed by atoms with Crippen molar-refractivity contribution in [3.05, 3.63) is 78.5 Å². The summed E-state index contributed by atoms with van der Waals surface area (Å²) in [4.78, 5) is 2.84. The molecule has 0 amide bonds. The molecule has 3 heterocycles. The number of ether oxygens (including phenoxy) is 1. The predicted octanol–water partition coefficient (Wildman–Crippen LogP) is 5.29. The van der Waals surface area contributed by atoms with Gasteiger partial charge in [0.2, 0.25) is 0 Å². The van der Waals surface area contributed by atoms with Gasteiger partial charge in [0.25, 0.3) is 10.0 Å². The van der Waals surface area contributed by atoms with Crippen molar-refractivity contribution in [3.8, 4) is 5.75 Å². The van der Waals surface area contributed by atoms with E-state index in [-0.39, 0.29) is 0 Å². The fourth-order valence-corrected chi connectivity index (χ4v) is 7.03. The van der Waals surface area contributed by atoms with Crippen molar-refractivity contribution >= 4 is 37.3 Å². The third kappa shape index (κ3) is 3.28. The van der Waals surface area contributed by atoms with Crippen molar-refractivity contribution in [2.24, 2.45) is 0 Å². The van der Waals surface area contributed by atoms with E-state index in [0.717, 1.165) is 47.0 Å². The van der Waals surface area contributed by atoms with Crippen LogP contribution in [0.5, 0.6) is 5.75 Å². The van der Waals surface area contributed by atoms with Gasteiger partial charge in [0.05, 0.1) is 17.5 Å². The minimum absolute atomic E-state index is 0.319. The van der Waals surface area contributed by atoms with Crippen LogP contribution in [-0.2, 0) is 10.0 Å². The summed E-state index contributed by atoms with van der Waals surface area (Å²) in [6, 6.07) is 19.3. The van der Waals surface area contributed by atoms with E-state index in [9.17, 15) is 8.42 Å². The average Bonchev–Trinajstić information content (AvgIpc) is 3.47. The van der Waals surface area contributed by atoms with E-state index in [1.165, 1.54) is 22.4 Å². The Kier molecular flexibility index (Phi) is 4.82. The standard InChI is InChI=1S/C27H26N2O3S/c1-32-22-11-12-26-24(17-22)25(20-13-15-28-14-5-8-21(28)16-20)18-29(26)33(30,31)27-10-4-7-19-6-2-3-9-23(19)27/h2-4,6-7,9-13,17-18,21H,5,8,14-16H2,1H3/t21-/m0/s1. The number of benzene rings is 3. The lowest BCUT2D eigenvalue weighted by Crippen LogP contribution is -2.32. The molecular weight excluding hydrogens is 432 g/mol. The van der Waals surface area contributed by atoms with Crippen LogP contribution >= 0.6 is 0 Å². The van der Waals surface area contributed by atoms with Gasteiger partial charge >= 0.3 is 0 Å². The Morgan fingerprint density at radius 2 is 1.85 bits per heavy atom. The molecule has 0 radical (unpaired) electrons. The molecule has 3 aromatic carbocycles. The normalized spacial score (nSPS) is 19.1. The maximum absolute atomic E-state index is 14.0. The summed E-state index contributed by atoms with van der Waals surface area (Å²) in [6.07, 6.45) is 7.47. The second kappa shape index (κ2) is 7.75. The Balaban J connectivity index is 1.56. The molecule has 0 N–H and O–H groups in total. The molecule has 0 saturated carbocycles. The van der Waals surface area contributed by atoms with E-state index < -0.39 is 10.0 Å². The Morgan fingerprint density at radius 1 is 1.00 bits per heavy atom. The molecule has 0 spiro atoms. The van der Waals surface area contributed by atoms with Gasteiger partial charge < -0.3 is 4.74 Å². The number of aromatic nitrogens is 1. The van der Waals surface area contributed by atoms with Crippen LogP contribution < -0.4 is 4.74 Å². The molecule has 168 valence electrons. The molecule has 0 aliphatic carbocycles. The van der Waals surface area contributed by atoms with Gasteiger partial charge in [0.15, 0.2) is 0 Å². The van der Waals surface area contributed by atoms with Crippen molar-refractivity contribution in [3.63, 3.8) is 0 Å². The Morgan fingerprint density at radius 3 is 2.73 bits per heavy atom. The van der Waals surface area contributed by atoms with Crippen LogP contribution in [0.15, 0.2) is 77.8 Å². The van der Waals surface area contributed by atoms with Crippen molar-refractivity contribution in [2.45, 2.75) is 30.2 Å². The second-order valence-electron chi connectivity index (χ2n) is 8.93. The fourth-order valence-electron chi connectivity index (χ4n) is 5.44. The summed E-state index contributed by atoms with van der Waals surface area (Å²) >= 11 is 0. The lowest BCUT2D eigenvalue weighted by atomic mass is 9.94. The third-order valence-electron chi connectivity index (χ3n) is 7.14. The summed E-state index contributed by atoms with van der Waals surface area (Å²) in [5.74, 6) is 0.725. The van der Waals surface area contributed by atoms with E-state index in [4.69, 9.17) is 4.74 Å². The van der Waals surface area contributed by atoms with Crippen LogP contribution in [-0.4, -0.2) is 43.5 Å². The van der Waals surface area contributed by atoms with Crippen molar-refractivity contribution in [1.29, 1.82) is 0 Å². The number of nitrogens with zero attached hydrogens (tertiary/aromatic N) is 2. The largest absolute Gasteiger partial charge is 0.497 e. The van der Waals surface area contributed by atoms with Gasteiger partial charge in [-0.15, -0.1) is 0 Å². The molecule has 0 bridgehead atoms. The summed E-state index contributed by atoms with van der Waals surface area (Å²) in [5.41, 5.74) is 2.89. The summed E-state index contributed by atoms with van der Waals surface area (Å²) in [5, 5.41) is 2.56. The molecule has 1 atom stereocenters. The Labute approximate surface area is 193 Å². The molecule has 6 heteroatoms.